The first-order valence-corrected chi connectivity index (χ1v) is 10.0. The van der Waals surface area contributed by atoms with Crippen LogP contribution < -0.4 is 0 Å². The number of ether oxygens (including phenoxy) is 2. The first-order chi connectivity index (χ1) is 13.2. The molecule has 4 aliphatic carbocycles. The maximum Gasteiger partial charge on any atom is 0.315 e. The van der Waals surface area contributed by atoms with E-state index in [-0.39, 0.29) is 12.5 Å². The number of carbonyl (C=O) groups is 2. The normalized spacial score (nSPS) is 53.2. The fourth-order valence-electron chi connectivity index (χ4n) is 7.82. The predicted octanol–water partition coefficient (Wildman–Crippen LogP) is 1.23. The third-order valence-corrected chi connectivity index (χ3v) is 8.83. The maximum absolute atomic E-state index is 13.2. The molecule has 1 spiro atoms. The van der Waals surface area contributed by atoms with Gasteiger partial charge in [-0.3, -0.25) is 9.59 Å². The summed E-state index contributed by atoms with van der Waals surface area (Å²) in [6.07, 6.45) is 2.07. The van der Waals surface area contributed by atoms with E-state index in [0.717, 1.165) is 5.57 Å². The monoisotopic (exact) mass is 387 g/mol. The van der Waals surface area contributed by atoms with E-state index in [9.17, 15) is 19.8 Å². The number of carbonyl (C=O) groups excluding carboxylic acids is 2. The first-order valence-electron chi connectivity index (χ1n) is 10.0. The minimum absolute atomic E-state index is 0.0950. The van der Waals surface area contributed by atoms with Crippen molar-refractivity contribution in [2.24, 2.45) is 28.6 Å². The van der Waals surface area contributed by atoms with Crippen LogP contribution >= 0.6 is 0 Å². The third-order valence-electron chi connectivity index (χ3n) is 8.83. The number of hydrogen-bond donors (Lipinski definition) is 2. The molecular weight excluding hydrogens is 362 g/mol. The van der Waals surface area contributed by atoms with Crippen molar-refractivity contribution in [3.05, 3.63) is 12.2 Å². The summed E-state index contributed by atoms with van der Waals surface area (Å²) in [4.78, 5) is 26.2. The number of rotatable bonds is 2. The lowest BCUT2D eigenvalue weighted by molar-refractivity contribution is -0.165. The molecule has 0 aromatic heterocycles. The van der Waals surface area contributed by atoms with Crippen molar-refractivity contribution in [3.8, 4) is 6.07 Å². The van der Waals surface area contributed by atoms with Gasteiger partial charge in [-0.2, -0.15) is 5.26 Å². The molecule has 2 N–H and O–H groups in total. The fourth-order valence-corrected chi connectivity index (χ4v) is 7.82. The molecule has 0 aromatic carbocycles. The third kappa shape index (κ3) is 1.73. The van der Waals surface area contributed by atoms with E-state index >= 15 is 0 Å². The van der Waals surface area contributed by atoms with Crippen molar-refractivity contribution in [2.75, 3.05) is 6.61 Å². The van der Waals surface area contributed by atoms with Gasteiger partial charge in [-0.1, -0.05) is 6.58 Å². The average Bonchev–Trinajstić information content (AvgIpc) is 3.07. The zero-order valence-electron chi connectivity index (χ0n) is 15.9. The summed E-state index contributed by atoms with van der Waals surface area (Å²) in [5.41, 5.74) is -2.93. The van der Waals surface area contributed by atoms with E-state index in [0.29, 0.717) is 38.5 Å². The summed E-state index contributed by atoms with van der Waals surface area (Å²) in [6.45, 7) is 5.42. The standard InChI is InChI=1S/C21H25NO6/c1-11-9-19-10-20(11,26)5-3-12(19)21-6-4-13(23)18(2,17(25)28-21)15(21)14(19)16(24)27-8-7-22/h12-15,23,26H,1,3-6,8-10H2,2H3/t12-,13-,14-,15-,18-,19+,20+,21-/m1/s1. The van der Waals surface area contributed by atoms with Crippen molar-refractivity contribution in [2.45, 2.75) is 62.8 Å². The van der Waals surface area contributed by atoms with Gasteiger partial charge in [0.15, 0.2) is 6.61 Å². The smallest absolute Gasteiger partial charge is 0.315 e. The van der Waals surface area contributed by atoms with Crippen LogP contribution in [0.25, 0.3) is 0 Å². The summed E-state index contributed by atoms with van der Waals surface area (Å²) in [5.74, 6) is -2.32. The van der Waals surface area contributed by atoms with Crippen molar-refractivity contribution >= 4 is 11.9 Å². The highest BCUT2D eigenvalue weighted by Gasteiger charge is 2.84. The predicted molar refractivity (Wildman–Crippen MR) is 94.2 cm³/mol. The largest absolute Gasteiger partial charge is 0.458 e. The van der Waals surface area contributed by atoms with Gasteiger partial charge in [-0.15, -0.1) is 0 Å². The highest BCUT2D eigenvalue weighted by Crippen LogP contribution is 2.78. The topological polar surface area (TPSA) is 117 Å². The Morgan fingerprint density at radius 1 is 1.43 bits per heavy atom. The Hall–Kier alpha value is -1.91. The van der Waals surface area contributed by atoms with Gasteiger partial charge in [0.2, 0.25) is 0 Å². The van der Waals surface area contributed by atoms with Crippen molar-refractivity contribution in [1.82, 2.24) is 0 Å². The van der Waals surface area contributed by atoms with Crippen molar-refractivity contribution < 1.29 is 29.3 Å². The Bertz CT molecular complexity index is 848. The van der Waals surface area contributed by atoms with Crippen LogP contribution in [0, 0.1) is 39.9 Å². The molecule has 4 saturated carbocycles. The Morgan fingerprint density at radius 3 is 2.89 bits per heavy atom. The van der Waals surface area contributed by atoms with Crippen LogP contribution in [0.15, 0.2) is 12.2 Å². The molecule has 28 heavy (non-hydrogen) atoms. The summed E-state index contributed by atoms with van der Waals surface area (Å²) in [6, 6.07) is 1.83. The molecule has 7 nitrogen and oxygen atoms in total. The van der Waals surface area contributed by atoms with Gasteiger partial charge in [-0.05, 0) is 56.4 Å². The summed E-state index contributed by atoms with van der Waals surface area (Å²) < 4.78 is 11.3. The molecule has 0 unspecified atom stereocenters. The Labute approximate surface area is 163 Å². The first kappa shape index (κ1) is 18.1. The molecule has 5 rings (SSSR count). The van der Waals surface area contributed by atoms with Gasteiger partial charge in [0, 0.05) is 11.8 Å². The van der Waals surface area contributed by atoms with E-state index in [4.69, 9.17) is 14.7 Å². The minimum atomic E-state index is -1.19. The van der Waals surface area contributed by atoms with Crippen LogP contribution in [0.3, 0.4) is 0 Å². The second-order valence-electron chi connectivity index (χ2n) is 9.72. The van der Waals surface area contributed by atoms with Gasteiger partial charge < -0.3 is 19.7 Å². The molecule has 4 bridgehead atoms. The van der Waals surface area contributed by atoms with Crippen LogP contribution in [-0.4, -0.2) is 46.1 Å². The molecule has 0 amide bonds. The van der Waals surface area contributed by atoms with Crippen LogP contribution in [-0.2, 0) is 19.1 Å². The number of aliphatic hydroxyl groups is 2. The quantitative estimate of drug-likeness (QED) is 0.541. The van der Waals surface area contributed by atoms with Crippen LogP contribution in [0.2, 0.25) is 0 Å². The molecule has 5 aliphatic rings. The number of fused-ring (bicyclic) bond motifs is 1. The number of hydrogen-bond acceptors (Lipinski definition) is 7. The van der Waals surface area contributed by atoms with Crippen molar-refractivity contribution in [3.63, 3.8) is 0 Å². The van der Waals surface area contributed by atoms with E-state index in [1.807, 2.05) is 6.07 Å². The molecule has 1 heterocycles. The second kappa shape index (κ2) is 5.17. The number of esters is 2. The van der Waals surface area contributed by atoms with Crippen LogP contribution in [0.1, 0.15) is 45.4 Å². The molecule has 7 heteroatoms. The summed E-state index contributed by atoms with van der Waals surface area (Å²) in [5, 5.41) is 30.8. The lowest BCUT2D eigenvalue weighted by atomic mass is 9.59. The van der Waals surface area contributed by atoms with Gasteiger partial charge in [-0.25, -0.2) is 0 Å². The SMILES string of the molecule is C=C1C[C@]23C[C@@]1(O)CC[C@H]2[C@@]12CC[C@@H](O)[C@@](C)(C(=O)O1)[C@H]2[C@@H]3C(=O)OCC#N. The molecule has 8 atom stereocenters. The van der Waals surface area contributed by atoms with Gasteiger partial charge >= 0.3 is 11.9 Å². The fraction of sp³-hybridized carbons (Fsp3) is 0.762. The maximum atomic E-state index is 13.2. The van der Waals surface area contributed by atoms with Gasteiger partial charge in [0.1, 0.15) is 11.7 Å². The number of aliphatic hydroxyl groups excluding tert-OH is 1. The van der Waals surface area contributed by atoms with Gasteiger partial charge in [0.05, 0.1) is 23.0 Å². The van der Waals surface area contributed by atoms with Gasteiger partial charge in [0.25, 0.3) is 0 Å². The Morgan fingerprint density at radius 2 is 2.18 bits per heavy atom. The molecular formula is C21H25NO6. The number of nitrogens with zero attached hydrogens (tertiary/aromatic N) is 1. The zero-order chi connectivity index (χ0) is 20.1. The average molecular weight is 387 g/mol. The van der Waals surface area contributed by atoms with E-state index in [1.165, 1.54) is 0 Å². The summed E-state index contributed by atoms with van der Waals surface area (Å²) in [7, 11) is 0. The second-order valence-corrected chi connectivity index (χ2v) is 9.72. The Balaban J connectivity index is 1.71. The molecule has 0 aromatic rings. The zero-order valence-corrected chi connectivity index (χ0v) is 15.9. The van der Waals surface area contributed by atoms with E-state index in [1.54, 1.807) is 6.92 Å². The highest BCUT2D eigenvalue weighted by molar-refractivity contribution is 5.86. The Kier molecular flexibility index (Phi) is 3.35. The van der Waals surface area contributed by atoms with Crippen molar-refractivity contribution in [1.29, 1.82) is 5.26 Å². The highest BCUT2D eigenvalue weighted by atomic mass is 16.6. The lowest BCUT2D eigenvalue weighted by Crippen LogP contribution is -2.53. The minimum Gasteiger partial charge on any atom is -0.458 e. The summed E-state index contributed by atoms with van der Waals surface area (Å²) >= 11 is 0. The van der Waals surface area contributed by atoms with Crippen LogP contribution in [0.5, 0.6) is 0 Å². The molecule has 1 saturated heterocycles. The molecule has 0 radical (unpaired) electrons. The molecule has 150 valence electrons. The van der Waals surface area contributed by atoms with E-state index < -0.39 is 51.9 Å². The van der Waals surface area contributed by atoms with Crippen LogP contribution in [0.4, 0.5) is 0 Å². The lowest BCUT2D eigenvalue weighted by Gasteiger charge is -2.45. The molecule has 5 fully saturated rings. The molecule has 1 aliphatic heterocycles. The van der Waals surface area contributed by atoms with E-state index in [2.05, 4.69) is 6.58 Å². The number of nitriles is 1.